The molecule has 0 fully saturated rings. The number of amides is 1. The summed E-state index contributed by atoms with van der Waals surface area (Å²) in [5.74, 6) is -0.127. The second kappa shape index (κ2) is 7.56. The van der Waals surface area contributed by atoms with Gasteiger partial charge >= 0.3 is 0 Å². The number of ether oxygens (including phenoxy) is 1. The van der Waals surface area contributed by atoms with Crippen LogP contribution in [0.4, 0.5) is 0 Å². The van der Waals surface area contributed by atoms with Crippen molar-refractivity contribution in [1.82, 2.24) is 19.8 Å². The lowest BCUT2D eigenvalue weighted by atomic mass is 9.99. The number of carbonyl (C=O) groups excluding carboxylic acids is 1. The fourth-order valence-electron chi connectivity index (χ4n) is 2.92. The van der Waals surface area contributed by atoms with E-state index < -0.39 is 10.0 Å². The van der Waals surface area contributed by atoms with Crippen LogP contribution in [-0.4, -0.2) is 56.2 Å². The van der Waals surface area contributed by atoms with Gasteiger partial charge in [0.15, 0.2) is 0 Å². The maximum atomic E-state index is 12.5. The SMILES string of the molecule is COCCNS(=O)(=O)c1ccc2c(c1)CCN(C(=O)c1cc(C)[nH]n1)C2. The Kier molecular flexibility index (Phi) is 5.40. The zero-order chi connectivity index (χ0) is 18.7. The van der Waals surface area contributed by atoms with Gasteiger partial charge in [-0.05, 0) is 42.7 Å². The van der Waals surface area contributed by atoms with Crippen molar-refractivity contribution in [2.75, 3.05) is 26.8 Å². The number of methoxy groups -OCH3 is 1. The minimum absolute atomic E-state index is 0.127. The molecule has 0 radical (unpaired) electrons. The highest BCUT2D eigenvalue weighted by molar-refractivity contribution is 7.89. The van der Waals surface area contributed by atoms with Crippen LogP contribution in [0.1, 0.15) is 27.3 Å². The molecule has 1 aromatic carbocycles. The van der Waals surface area contributed by atoms with Gasteiger partial charge in [-0.25, -0.2) is 13.1 Å². The molecule has 3 rings (SSSR count). The average Bonchev–Trinajstić information content (AvgIpc) is 3.06. The van der Waals surface area contributed by atoms with E-state index in [0.717, 1.165) is 16.8 Å². The predicted molar refractivity (Wildman–Crippen MR) is 95.3 cm³/mol. The maximum Gasteiger partial charge on any atom is 0.274 e. The highest BCUT2D eigenvalue weighted by atomic mass is 32.2. The van der Waals surface area contributed by atoms with E-state index >= 15 is 0 Å². The molecule has 1 amide bonds. The van der Waals surface area contributed by atoms with Crippen molar-refractivity contribution in [3.63, 3.8) is 0 Å². The topological polar surface area (TPSA) is 104 Å². The van der Waals surface area contributed by atoms with Gasteiger partial charge in [0.05, 0.1) is 11.5 Å². The third-order valence-electron chi connectivity index (χ3n) is 4.31. The zero-order valence-electron chi connectivity index (χ0n) is 14.8. The Labute approximate surface area is 152 Å². The number of carbonyl (C=O) groups is 1. The number of rotatable bonds is 6. The molecule has 0 spiro atoms. The first-order valence-corrected chi connectivity index (χ1v) is 9.81. The molecule has 0 unspecified atom stereocenters. The minimum atomic E-state index is -3.56. The third kappa shape index (κ3) is 3.95. The van der Waals surface area contributed by atoms with E-state index in [4.69, 9.17) is 4.74 Å². The second-order valence-electron chi connectivity index (χ2n) is 6.23. The summed E-state index contributed by atoms with van der Waals surface area (Å²) in [6, 6.07) is 6.75. The number of nitrogens with one attached hydrogen (secondary N) is 2. The summed E-state index contributed by atoms with van der Waals surface area (Å²) in [5, 5.41) is 6.79. The van der Waals surface area contributed by atoms with Crippen LogP contribution in [0.2, 0.25) is 0 Å². The molecule has 2 heterocycles. The highest BCUT2D eigenvalue weighted by Gasteiger charge is 2.25. The molecule has 0 aliphatic carbocycles. The summed E-state index contributed by atoms with van der Waals surface area (Å²) >= 11 is 0. The normalized spacial score (nSPS) is 14.3. The van der Waals surface area contributed by atoms with Gasteiger partial charge in [-0.15, -0.1) is 0 Å². The van der Waals surface area contributed by atoms with Crippen LogP contribution in [-0.2, 0) is 27.7 Å². The number of hydrogen-bond donors (Lipinski definition) is 2. The predicted octanol–water partition coefficient (Wildman–Crippen LogP) is 0.841. The number of aryl methyl sites for hydroxylation is 1. The van der Waals surface area contributed by atoms with Crippen LogP contribution < -0.4 is 4.72 Å². The van der Waals surface area contributed by atoms with Gasteiger partial charge in [0.2, 0.25) is 10.0 Å². The maximum absolute atomic E-state index is 12.5. The van der Waals surface area contributed by atoms with E-state index in [0.29, 0.717) is 31.8 Å². The fraction of sp³-hybridized carbons (Fsp3) is 0.412. The van der Waals surface area contributed by atoms with Crippen LogP contribution >= 0.6 is 0 Å². The lowest BCUT2D eigenvalue weighted by molar-refractivity contribution is 0.0728. The molecular weight excluding hydrogens is 356 g/mol. The van der Waals surface area contributed by atoms with Crippen molar-refractivity contribution in [3.8, 4) is 0 Å². The number of aromatic amines is 1. The van der Waals surface area contributed by atoms with E-state index in [1.165, 1.54) is 7.11 Å². The highest BCUT2D eigenvalue weighted by Crippen LogP contribution is 2.23. The molecule has 2 aromatic rings. The summed E-state index contributed by atoms with van der Waals surface area (Å²) < 4.78 is 32.0. The van der Waals surface area contributed by atoms with Crippen molar-refractivity contribution in [2.45, 2.75) is 24.8 Å². The molecule has 140 valence electrons. The van der Waals surface area contributed by atoms with Gasteiger partial charge in [0, 0.05) is 32.4 Å². The standard InChI is InChI=1S/C17H22N4O4S/c1-12-9-16(20-19-12)17(22)21-7-5-13-10-15(4-3-14(13)11-21)26(23,24)18-6-8-25-2/h3-4,9-10,18H,5-8,11H2,1-2H3,(H,19,20). The number of hydrogen-bond acceptors (Lipinski definition) is 5. The molecule has 0 bridgehead atoms. The van der Waals surface area contributed by atoms with Gasteiger partial charge in [-0.2, -0.15) is 5.10 Å². The van der Waals surface area contributed by atoms with Crippen LogP contribution in [0.15, 0.2) is 29.2 Å². The number of H-pyrrole nitrogens is 1. The van der Waals surface area contributed by atoms with E-state index in [9.17, 15) is 13.2 Å². The molecule has 1 aliphatic rings. The molecular formula is C17H22N4O4S. The van der Waals surface area contributed by atoms with Crippen LogP contribution in [0.3, 0.4) is 0 Å². The molecule has 2 N–H and O–H groups in total. The largest absolute Gasteiger partial charge is 0.383 e. The van der Waals surface area contributed by atoms with Crippen molar-refractivity contribution in [3.05, 3.63) is 46.8 Å². The van der Waals surface area contributed by atoms with Crippen molar-refractivity contribution in [1.29, 1.82) is 0 Å². The molecule has 9 heteroatoms. The third-order valence-corrected chi connectivity index (χ3v) is 5.77. The Morgan fingerprint density at radius 3 is 2.85 bits per heavy atom. The molecule has 0 saturated heterocycles. The molecule has 26 heavy (non-hydrogen) atoms. The monoisotopic (exact) mass is 378 g/mol. The fourth-order valence-corrected chi connectivity index (χ4v) is 3.98. The molecule has 1 aromatic heterocycles. The van der Waals surface area contributed by atoms with Gasteiger partial charge in [-0.1, -0.05) is 6.07 Å². The first kappa shape index (κ1) is 18.6. The van der Waals surface area contributed by atoms with Crippen LogP contribution in [0, 0.1) is 6.92 Å². The number of sulfonamides is 1. The lowest BCUT2D eigenvalue weighted by Crippen LogP contribution is -2.36. The van der Waals surface area contributed by atoms with Gasteiger partial charge in [0.1, 0.15) is 5.69 Å². The van der Waals surface area contributed by atoms with Gasteiger partial charge < -0.3 is 9.64 Å². The Balaban J connectivity index is 1.74. The number of nitrogens with zero attached hydrogens (tertiary/aromatic N) is 2. The Morgan fingerprint density at radius 1 is 1.35 bits per heavy atom. The number of aromatic nitrogens is 2. The van der Waals surface area contributed by atoms with Crippen molar-refractivity contribution in [2.24, 2.45) is 0 Å². The van der Waals surface area contributed by atoms with E-state index in [1.807, 2.05) is 6.92 Å². The number of fused-ring (bicyclic) bond motifs is 1. The average molecular weight is 378 g/mol. The second-order valence-corrected chi connectivity index (χ2v) is 8.00. The Hall–Kier alpha value is -2.23. The lowest BCUT2D eigenvalue weighted by Gasteiger charge is -2.28. The first-order chi connectivity index (χ1) is 12.4. The molecule has 0 atom stereocenters. The summed E-state index contributed by atoms with van der Waals surface area (Å²) in [6.45, 7) is 3.35. The molecule has 8 nitrogen and oxygen atoms in total. The summed E-state index contributed by atoms with van der Waals surface area (Å²) in [7, 11) is -2.04. The molecule has 1 aliphatic heterocycles. The Morgan fingerprint density at radius 2 is 2.15 bits per heavy atom. The van der Waals surface area contributed by atoms with Crippen molar-refractivity contribution < 1.29 is 17.9 Å². The van der Waals surface area contributed by atoms with Crippen LogP contribution in [0.5, 0.6) is 0 Å². The van der Waals surface area contributed by atoms with Crippen molar-refractivity contribution >= 4 is 15.9 Å². The first-order valence-electron chi connectivity index (χ1n) is 8.32. The Bertz CT molecular complexity index is 907. The van der Waals surface area contributed by atoms with Crippen LogP contribution in [0.25, 0.3) is 0 Å². The smallest absolute Gasteiger partial charge is 0.274 e. The minimum Gasteiger partial charge on any atom is -0.383 e. The zero-order valence-corrected chi connectivity index (χ0v) is 15.6. The van der Waals surface area contributed by atoms with E-state index in [1.54, 1.807) is 29.2 Å². The quantitative estimate of drug-likeness (QED) is 0.725. The van der Waals surface area contributed by atoms with E-state index in [-0.39, 0.29) is 17.3 Å². The summed E-state index contributed by atoms with van der Waals surface area (Å²) in [6.07, 6.45) is 0.603. The summed E-state index contributed by atoms with van der Waals surface area (Å²) in [4.78, 5) is 14.5. The number of benzene rings is 1. The summed E-state index contributed by atoms with van der Waals surface area (Å²) in [5.41, 5.74) is 3.13. The molecule has 0 saturated carbocycles. The van der Waals surface area contributed by atoms with E-state index in [2.05, 4.69) is 14.9 Å². The van der Waals surface area contributed by atoms with Gasteiger partial charge in [-0.3, -0.25) is 9.89 Å². The van der Waals surface area contributed by atoms with Gasteiger partial charge in [0.25, 0.3) is 5.91 Å².